The summed E-state index contributed by atoms with van der Waals surface area (Å²) in [4.78, 5) is 13.7. The molecule has 0 radical (unpaired) electrons. The summed E-state index contributed by atoms with van der Waals surface area (Å²) in [6, 6.07) is 5.47. The molecule has 0 unspecified atom stereocenters. The number of nitrogens with zero attached hydrogens (tertiary/aromatic N) is 1. The van der Waals surface area contributed by atoms with Gasteiger partial charge in [-0.15, -0.1) is 0 Å². The van der Waals surface area contributed by atoms with E-state index in [2.05, 4.69) is 26.3 Å². The van der Waals surface area contributed by atoms with Gasteiger partial charge in [0.05, 0.1) is 5.60 Å². The molecule has 1 heterocycles. The van der Waals surface area contributed by atoms with Crippen LogP contribution in [0.3, 0.4) is 0 Å². The number of nitrogens with two attached hydrogens (primary N) is 1. The van der Waals surface area contributed by atoms with Crippen LogP contribution in [0, 0.1) is 0 Å². The van der Waals surface area contributed by atoms with Gasteiger partial charge in [0.15, 0.2) is 0 Å². The number of nitrogens with one attached hydrogen (secondary N) is 1. The lowest BCUT2D eigenvalue weighted by Crippen LogP contribution is -2.42. The number of piperidine rings is 1. The van der Waals surface area contributed by atoms with Crippen molar-refractivity contribution in [3.63, 3.8) is 0 Å². The first-order valence-electron chi connectivity index (χ1n) is 6.65. The number of hydrazine groups is 1. The van der Waals surface area contributed by atoms with E-state index < -0.39 is 5.60 Å². The topological polar surface area (TPSA) is 78.6 Å². The minimum absolute atomic E-state index is 0.300. The SMILES string of the molecule is CC1(O)CCN(Cc2ccc(C(=O)NN)cc2Br)CC1. The molecule has 0 bridgehead atoms. The minimum Gasteiger partial charge on any atom is -0.390 e. The van der Waals surface area contributed by atoms with Crippen molar-refractivity contribution >= 4 is 21.8 Å². The summed E-state index contributed by atoms with van der Waals surface area (Å²) in [5, 5.41) is 9.95. The number of aliphatic hydroxyl groups is 1. The summed E-state index contributed by atoms with van der Waals surface area (Å²) in [6.45, 7) is 4.45. The third-order valence-electron chi connectivity index (χ3n) is 3.77. The van der Waals surface area contributed by atoms with Crippen LogP contribution in [-0.2, 0) is 6.54 Å². The molecule has 0 aromatic heterocycles. The Hall–Kier alpha value is -0.950. The van der Waals surface area contributed by atoms with Crippen LogP contribution in [0.25, 0.3) is 0 Å². The molecule has 1 aromatic rings. The zero-order valence-electron chi connectivity index (χ0n) is 11.5. The van der Waals surface area contributed by atoms with Gasteiger partial charge in [-0.05, 0) is 37.5 Å². The molecule has 1 amide bonds. The first-order valence-corrected chi connectivity index (χ1v) is 7.45. The summed E-state index contributed by atoms with van der Waals surface area (Å²) in [5.41, 5.74) is 3.25. The molecule has 4 N–H and O–H groups in total. The van der Waals surface area contributed by atoms with Crippen molar-refractivity contribution in [3.05, 3.63) is 33.8 Å². The van der Waals surface area contributed by atoms with Crippen LogP contribution in [0.2, 0.25) is 0 Å². The van der Waals surface area contributed by atoms with E-state index in [1.165, 1.54) is 0 Å². The summed E-state index contributed by atoms with van der Waals surface area (Å²) in [5.74, 6) is 4.82. The van der Waals surface area contributed by atoms with Gasteiger partial charge >= 0.3 is 0 Å². The monoisotopic (exact) mass is 341 g/mol. The predicted octanol–water partition coefficient (Wildman–Crippen LogP) is 1.40. The Morgan fingerprint density at radius 1 is 1.50 bits per heavy atom. The number of likely N-dealkylation sites (tertiary alicyclic amines) is 1. The largest absolute Gasteiger partial charge is 0.390 e. The van der Waals surface area contributed by atoms with Crippen LogP contribution in [0.5, 0.6) is 0 Å². The van der Waals surface area contributed by atoms with E-state index in [0.29, 0.717) is 5.56 Å². The zero-order chi connectivity index (χ0) is 14.8. The highest BCUT2D eigenvalue weighted by molar-refractivity contribution is 9.10. The fourth-order valence-corrected chi connectivity index (χ4v) is 2.84. The number of rotatable bonds is 3. The highest BCUT2D eigenvalue weighted by Crippen LogP contribution is 2.25. The number of carbonyl (C=O) groups is 1. The van der Waals surface area contributed by atoms with E-state index >= 15 is 0 Å². The smallest absolute Gasteiger partial charge is 0.265 e. The molecule has 0 atom stereocenters. The van der Waals surface area contributed by atoms with E-state index in [0.717, 1.165) is 42.5 Å². The Morgan fingerprint density at radius 2 is 2.15 bits per heavy atom. The summed E-state index contributed by atoms with van der Waals surface area (Å²) >= 11 is 3.50. The Balaban J connectivity index is 2.02. The molecular formula is C14H20BrN3O2. The van der Waals surface area contributed by atoms with Crippen LogP contribution in [0.4, 0.5) is 0 Å². The van der Waals surface area contributed by atoms with Crippen molar-refractivity contribution in [1.82, 2.24) is 10.3 Å². The van der Waals surface area contributed by atoms with Crippen LogP contribution in [0.15, 0.2) is 22.7 Å². The van der Waals surface area contributed by atoms with Crippen molar-refractivity contribution < 1.29 is 9.90 Å². The number of hydrogen-bond donors (Lipinski definition) is 3. The number of hydrogen-bond acceptors (Lipinski definition) is 4. The second-order valence-electron chi connectivity index (χ2n) is 5.55. The van der Waals surface area contributed by atoms with E-state index in [-0.39, 0.29) is 5.91 Å². The maximum absolute atomic E-state index is 11.4. The molecule has 0 spiro atoms. The van der Waals surface area contributed by atoms with Crippen molar-refractivity contribution in [1.29, 1.82) is 0 Å². The van der Waals surface area contributed by atoms with Gasteiger partial charge in [0.2, 0.25) is 0 Å². The molecule has 1 aliphatic heterocycles. The molecule has 1 aromatic carbocycles. The maximum Gasteiger partial charge on any atom is 0.265 e. The van der Waals surface area contributed by atoms with Gasteiger partial charge in [0.25, 0.3) is 5.91 Å². The van der Waals surface area contributed by atoms with Gasteiger partial charge < -0.3 is 5.11 Å². The highest BCUT2D eigenvalue weighted by Gasteiger charge is 2.27. The molecule has 1 saturated heterocycles. The van der Waals surface area contributed by atoms with Crippen LogP contribution < -0.4 is 11.3 Å². The molecule has 5 nitrogen and oxygen atoms in total. The number of amides is 1. The van der Waals surface area contributed by atoms with E-state index in [9.17, 15) is 9.90 Å². The number of benzene rings is 1. The number of carbonyl (C=O) groups excluding carboxylic acids is 1. The fraction of sp³-hybridized carbons (Fsp3) is 0.500. The average Bonchev–Trinajstić information content (AvgIpc) is 2.42. The molecule has 110 valence electrons. The molecule has 1 aliphatic rings. The fourth-order valence-electron chi connectivity index (χ4n) is 2.33. The van der Waals surface area contributed by atoms with Crippen LogP contribution >= 0.6 is 15.9 Å². The molecular weight excluding hydrogens is 322 g/mol. The van der Waals surface area contributed by atoms with Gasteiger partial charge in [-0.2, -0.15) is 0 Å². The second kappa shape index (κ2) is 6.22. The lowest BCUT2D eigenvalue weighted by atomic mass is 9.93. The Bertz CT molecular complexity index is 495. The van der Waals surface area contributed by atoms with Crippen molar-refractivity contribution in [2.45, 2.75) is 31.9 Å². The summed E-state index contributed by atoms with van der Waals surface area (Å²) in [7, 11) is 0. The standard InChI is InChI=1S/C14H20BrN3O2/c1-14(20)4-6-18(7-5-14)9-11-3-2-10(8-12(11)15)13(19)17-16/h2-3,8,20H,4-7,9,16H2,1H3,(H,17,19). The van der Waals surface area contributed by atoms with Gasteiger partial charge in [-0.25, -0.2) is 5.84 Å². The number of nitrogen functional groups attached to an aromatic ring is 1. The van der Waals surface area contributed by atoms with E-state index in [4.69, 9.17) is 5.84 Å². The van der Waals surface area contributed by atoms with Gasteiger partial charge in [-0.1, -0.05) is 22.0 Å². The summed E-state index contributed by atoms with van der Waals surface area (Å²) in [6.07, 6.45) is 1.58. The highest BCUT2D eigenvalue weighted by atomic mass is 79.9. The molecule has 0 saturated carbocycles. The maximum atomic E-state index is 11.4. The zero-order valence-corrected chi connectivity index (χ0v) is 13.1. The molecule has 2 rings (SSSR count). The van der Waals surface area contributed by atoms with Crippen molar-refractivity contribution in [2.24, 2.45) is 5.84 Å². The Kier molecular flexibility index (Phi) is 4.80. The Labute approximate surface area is 127 Å². The summed E-state index contributed by atoms with van der Waals surface area (Å²) < 4.78 is 0.899. The third kappa shape index (κ3) is 3.79. The van der Waals surface area contributed by atoms with Crippen LogP contribution in [0.1, 0.15) is 35.7 Å². The third-order valence-corrected chi connectivity index (χ3v) is 4.51. The lowest BCUT2D eigenvalue weighted by molar-refractivity contribution is -0.00734. The quantitative estimate of drug-likeness (QED) is 0.441. The van der Waals surface area contributed by atoms with E-state index in [1.807, 2.05) is 13.0 Å². The van der Waals surface area contributed by atoms with Crippen molar-refractivity contribution in [2.75, 3.05) is 13.1 Å². The average molecular weight is 342 g/mol. The van der Waals surface area contributed by atoms with Crippen molar-refractivity contribution in [3.8, 4) is 0 Å². The lowest BCUT2D eigenvalue weighted by Gasteiger charge is -2.35. The second-order valence-corrected chi connectivity index (χ2v) is 6.41. The van der Waals surface area contributed by atoms with Gasteiger partial charge in [-0.3, -0.25) is 15.1 Å². The predicted molar refractivity (Wildman–Crippen MR) is 80.9 cm³/mol. The Morgan fingerprint density at radius 3 is 2.70 bits per heavy atom. The molecule has 0 aliphatic carbocycles. The molecule has 6 heteroatoms. The normalized spacial score (nSPS) is 18.8. The van der Waals surface area contributed by atoms with Gasteiger partial charge in [0, 0.05) is 29.7 Å². The molecule has 1 fully saturated rings. The van der Waals surface area contributed by atoms with Gasteiger partial charge in [0.1, 0.15) is 0 Å². The first kappa shape index (κ1) is 15.4. The van der Waals surface area contributed by atoms with Crippen LogP contribution in [-0.4, -0.2) is 34.6 Å². The minimum atomic E-state index is -0.531. The van der Waals surface area contributed by atoms with E-state index in [1.54, 1.807) is 12.1 Å². The first-order chi connectivity index (χ1) is 9.41. The molecule has 20 heavy (non-hydrogen) atoms. The number of halogens is 1.